The highest BCUT2D eigenvalue weighted by Crippen LogP contribution is 2.37. The van der Waals surface area contributed by atoms with E-state index >= 15 is 0 Å². The highest BCUT2D eigenvalue weighted by molar-refractivity contribution is 7.89. The molecule has 1 saturated heterocycles. The summed E-state index contributed by atoms with van der Waals surface area (Å²) in [6, 6.07) is 2.17. The molecule has 0 unspecified atom stereocenters. The van der Waals surface area contributed by atoms with Gasteiger partial charge < -0.3 is 5.73 Å². The molecule has 9 heteroatoms. The average molecular weight is 357 g/mol. The van der Waals surface area contributed by atoms with Crippen molar-refractivity contribution in [3.63, 3.8) is 0 Å². The molecule has 1 aliphatic rings. The molecular weight excluding hydrogens is 341 g/mol. The number of hydrogen-bond acceptors (Lipinski definition) is 3. The van der Waals surface area contributed by atoms with Crippen LogP contribution >= 0.6 is 11.6 Å². The van der Waals surface area contributed by atoms with Gasteiger partial charge >= 0.3 is 6.18 Å². The zero-order chi connectivity index (χ0) is 16.7. The van der Waals surface area contributed by atoms with Crippen LogP contribution in [0.1, 0.15) is 25.3 Å². The largest absolute Gasteiger partial charge is 0.417 e. The van der Waals surface area contributed by atoms with E-state index in [1.165, 1.54) is 4.31 Å². The number of halogens is 4. The highest BCUT2D eigenvalue weighted by Gasteiger charge is 2.37. The van der Waals surface area contributed by atoms with Crippen molar-refractivity contribution in [2.24, 2.45) is 5.73 Å². The Morgan fingerprint density at radius 3 is 2.55 bits per heavy atom. The second-order valence-corrected chi connectivity index (χ2v) is 7.69. The third-order valence-electron chi connectivity index (χ3n) is 3.71. The van der Waals surface area contributed by atoms with Gasteiger partial charge in [-0.25, -0.2) is 8.42 Å². The molecule has 124 valence electrons. The fourth-order valence-corrected chi connectivity index (χ4v) is 4.47. The molecule has 4 nitrogen and oxygen atoms in total. The predicted molar refractivity (Wildman–Crippen MR) is 77.0 cm³/mol. The van der Waals surface area contributed by atoms with Gasteiger partial charge in [0.15, 0.2) is 0 Å². The molecule has 2 rings (SSSR count). The summed E-state index contributed by atoms with van der Waals surface area (Å²) in [5.74, 6) is 0. The summed E-state index contributed by atoms with van der Waals surface area (Å²) in [6.45, 7) is 1.88. The zero-order valence-corrected chi connectivity index (χ0v) is 13.3. The number of benzene rings is 1. The van der Waals surface area contributed by atoms with Crippen LogP contribution in [0, 0.1) is 0 Å². The molecule has 0 bridgehead atoms. The zero-order valence-electron chi connectivity index (χ0n) is 11.8. The van der Waals surface area contributed by atoms with E-state index < -0.39 is 31.7 Å². The molecule has 1 aliphatic heterocycles. The molecule has 0 spiro atoms. The Bertz CT molecular complexity index is 664. The van der Waals surface area contributed by atoms with Crippen LogP contribution in [0.25, 0.3) is 0 Å². The molecular formula is C13H16ClF3N2O2S. The summed E-state index contributed by atoms with van der Waals surface area (Å²) in [6.07, 6.45) is -3.76. The van der Waals surface area contributed by atoms with E-state index in [1.54, 1.807) is 6.92 Å². The summed E-state index contributed by atoms with van der Waals surface area (Å²) >= 11 is 5.52. The molecule has 2 atom stereocenters. The standard InChI is InChI=1S/C13H16ClF3N2O2S/c1-8-6-9(18)4-5-19(8)22(20,21)10-2-3-12(14)11(7-10)13(15,16)17/h2-3,7-9H,4-6,18H2,1H3/t8-,9-/m1/s1. The van der Waals surface area contributed by atoms with Crippen molar-refractivity contribution in [3.05, 3.63) is 28.8 Å². The first-order valence-corrected chi connectivity index (χ1v) is 8.49. The Labute approximate surface area is 132 Å². The molecule has 1 aromatic carbocycles. The van der Waals surface area contributed by atoms with Crippen molar-refractivity contribution in [2.75, 3.05) is 6.54 Å². The first kappa shape index (κ1) is 17.5. The van der Waals surface area contributed by atoms with Gasteiger partial charge in [-0.15, -0.1) is 0 Å². The molecule has 0 radical (unpaired) electrons. The minimum absolute atomic E-state index is 0.0996. The van der Waals surface area contributed by atoms with Gasteiger partial charge in [0.2, 0.25) is 10.0 Å². The van der Waals surface area contributed by atoms with Gasteiger partial charge in [0.1, 0.15) is 0 Å². The quantitative estimate of drug-likeness (QED) is 0.886. The lowest BCUT2D eigenvalue weighted by Gasteiger charge is -2.35. The normalized spacial score (nSPS) is 24.5. The highest BCUT2D eigenvalue weighted by atomic mass is 35.5. The first-order valence-electron chi connectivity index (χ1n) is 6.67. The fraction of sp³-hybridized carbons (Fsp3) is 0.538. The molecule has 0 saturated carbocycles. The van der Waals surface area contributed by atoms with Crippen LogP contribution in [-0.2, 0) is 16.2 Å². The van der Waals surface area contributed by atoms with E-state index in [4.69, 9.17) is 17.3 Å². The van der Waals surface area contributed by atoms with E-state index in [0.29, 0.717) is 18.9 Å². The maximum Gasteiger partial charge on any atom is 0.417 e. The molecule has 0 amide bonds. The minimum Gasteiger partial charge on any atom is -0.328 e. The van der Waals surface area contributed by atoms with Crippen LogP contribution in [0.5, 0.6) is 0 Å². The number of nitrogens with zero attached hydrogens (tertiary/aromatic N) is 1. The van der Waals surface area contributed by atoms with Crippen LogP contribution < -0.4 is 5.73 Å². The third kappa shape index (κ3) is 3.40. The smallest absolute Gasteiger partial charge is 0.328 e. The molecule has 1 fully saturated rings. The topological polar surface area (TPSA) is 63.4 Å². The number of hydrogen-bond donors (Lipinski definition) is 1. The summed E-state index contributed by atoms with van der Waals surface area (Å²) in [5.41, 5.74) is 4.63. The van der Waals surface area contributed by atoms with Crippen molar-refractivity contribution < 1.29 is 21.6 Å². The van der Waals surface area contributed by atoms with Gasteiger partial charge in [0, 0.05) is 18.6 Å². The average Bonchev–Trinajstić information content (AvgIpc) is 2.36. The third-order valence-corrected chi connectivity index (χ3v) is 6.04. The molecule has 22 heavy (non-hydrogen) atoms. The number of alkyl halides is 3. The van der Waals surface area contributed by atoms with E-state index in [2.05, 4.69) is 0 Å². The van der Waals surface area contributed by atoms with E-state index in [9.17, 15) is 21.6 Å². The van der Waals surface area contributed by atoms with E-state index in [-0.39, 0.29) is 18.6 Å². The summed E-state index contributed by atoms with van der Waals surface area (Å²) < 4.78 is 65.0. The summed E-state index contributed by atoms with van der Waals surface area (Å²) in [7, 11) is -4.02. The Kier molecular flexibility index (Phi) is 4.77. The summed E-state index contributed by atoms with van der Waals surface area (Å²) in [5, 5.41) is -0.528. The number of rotatable bonds is 2. The second kappa shape index (κ2) is 5.99. The van der Waals surface area contributed by atoms with Crippen LogP contribution in [0.3, 0.4) is 0 Å². The Balaban J connectivity index is 2.42. The van der Waals surface area contributed by atoms with Crippen molar-refractivity contribution in [3.8, 4) is 0 Å². The fourth-order valence-electron chi connectivity index (χ4n) is 2.56. The molecule has 0 aliphatic carbocycles. The van der Waals surface area contributed by atoms with Crippen LogP contribution in [-0.4, -0.2) is 31.4 Å². The lowest BCUT2D eigenvalue weighted by Crippen LogP contribution is -2.48. The SMILES string of the molecule is C[C@@H]1C[C@H](N)CCN1S(=O)(=O)c1ccc(Cl)c(C(F)(F)F)c1. The molecule has 2 N–H and O–H groups in total. The van der Waals surface area contributed by atoms with Crippen molar-refractivity contribution in [1.29, 1.82) is 0 Å². The first-order chi connectivity index (χ1) is 10.0. The van der Waals surface area contributed by atoms with Crippen molar-refractivity contribution in [2.45, 2.75) is 42.9 Å². The van der Waals surface area contributed by atoms with Gasteiger partial charge in [0.25, 0.3) is 0 Å². The number of sulfonamides is 1. The van der Waals surface area contributed by atoms with E-state index in [0.717, 1.165) is 12.1 Å². The number of nitrogens with two attached hydrogens (primary N) is 1. The van der Waals surface area contributed by atoms with Crippen LogP contribution in [0.2, 0.25) is 5.02 Å². The molecule has 1 heterocycles. The second-order valence-electron chi connectivity index (χ2n) is 5.39. The van der Waals surface area contributed by atoms with Gasteiger partial charge in [-0.1, -0.05) is 11.6 Å². The van der Waals surface area contributed by atoms with Gasteiger partial charge in [-0.2, -0.15) is 17.5 Å². The van der Waals surface area contributed by atoms with Gasteiger partial charge in [-0.3, -0.25) is 0 Å². The minimum atomic E-state index is -4.71. The predicted octanol–water partition coefficient (Wildman–Crippen LogP) is 2.86. The van der Waals surface area contributed by atoms with Crippen molar-refractivity contribution >= 4 is 21.6 Å². The maximum absolute atomic E-state index is 12.9. The van der Waals surface area contributed by atoms with E-state index in [1.807, 2.05) is 0 Å². The molecule has 1 aromatic rings. The van der Waals surface area contributed by atoms with Gasteiger partial charge in [0.05, 0.1) is 15.5 Å². The van der Waals surface area contributed by atoms with Crippen molar-refractivity contribution in [1.82, 2.24) is 4.31 Å². The molecule has 0 aromatic heterocycles. The monoisotopic (exact) mass is 356 g/mol. The van der Waals surface area contributed by atoms with Gasteiger partial charge in [-0.05, 0) is 38.0 Å². The Hall–Kier alpha value is -0.830. The Morgan fingerprint density at radius 1 is 1.36 bits per heavy atom. The summed E-state index contributed by atoms with van der Waals surface area (Å²) in [4.78, 5) is -0.411. The lowest BCUT2D eigenvalue weighted by atomic mass is 10.0. The Morgan fingerprint density at radius 2 is 2.00 bits per heavy atom. The maximum atomic E-state index is 12.9. The van der Waals surface area contributed by atoms with Crippen LogP contribution in [0.15, 0.2) is 23.1 Å². The van der Waals surface area contributed by atoms with Crippen LogP contribution in [0.4, 0.5) is 13.2 Å². The number of piperidine rings is 1. The lowest BCUT2D eigenvalue weighted by molar-refractivity contribution is -0.137.